The number of carbonyl (C=O) groups excluding carboxylic acids is 2. The van der Waals surface area contributed by atoms with Crippen molar-refractivity contribution in [2.24, 2.45) is 5.10 Å². The van der Waals surface area contributed by atoms with Crippen LogP contribution < -0.4 is 19.7 Å². The molecule has 0 aliphatic carbocycles. The van der Waals surface area contributed by atoms with Gasteiger partial charge in [0, 0.05) is 42.5 Å². The predicted octanol–water partition coefficient (Wildman–Crippen LogP) is 3.60. The first kappa shape index (κ1) is 21.4. The summed E-state index contributed by atoms with van der Waals surface area (Å²) in [5, 5.41) is 8.68. The van der Waals surface area contributed by atoms with Gasteiger partial charge in [0.05, 0.1) is 19.9 Å². The van der Waals surface area contributed by atoms with Gasteiger partial charge in [-0.3, -0.25) is 4.79 Å². The maximum absolute atomic E-state index is 12.5. The first-order valence-corrected chi connectivity index (χ1v) is 10.4. The minimum Gasteiger partial charge on any atom is -0.493 e. The van der Waals surface area contributed by atoms with Gasteiger partial charge >= 0.3 is 6.03 Å². The molecule has 8 heteroatoms. The third-order valence-electron chi connectivity index (χ3n) is 5.64. The molecule has 2 aromatic rings. The summed E-state index contributed by atoms with van der Waals surface area (Å²) in [6.45, 7) is 2.55. The SMILES string of the molecule is CNC(=O)N1N=C(c2ccc(N3CCCC3=O)cc2)c2cc(OC)c(OC)cc2C=C1C. The van der Waals surface area contributed by atoms with Gasteiger partial charge in [-0.1, -0.05) is 12.1 Å². The van der Waals surface area contributed by atoms with Crippen molar-refractivity contribution in [3.05, 3.63) is 58.8 Å². The number of hydrazone groups is 1. The van der Waals surface area contributed by atoms with Crippen LogP contribution in [0.1, 0.15) is 36.5 Å². The van der Waals surface area contributed by atoms with Crippen LogP contribution in [-0.4, -0.2) is 50.5 Å². The van der Waals surface area contributed by atoms with Crippen molar-refractivity contribution >= 4 is 29.4 Å². The fraction of sp³-hybridized carbons (Fsp3) is 0.292. The predicted molar refractivity (Wildman–Crippen MR) is 123 cm³/mol. The highest BCUT2D eigenvalue weighted by Crippen LogP contribution is 2.35. The number of urea groups is 1. The van der Waals surface area contributed by atoms with Gasteiger partial charge in [-0.05, 0) is 49.2 Å². The van der Waals surface area contributed by atoms with Crippen LogP contribution in [0.5, 0.6) is 11.5 Å². The molecule has 0 atom stereocenters. The number of ether oxygens (including phenoxy) is 2. The molecule has 4 rings (SSSR count). The minimum atomic E-state index is -0.345. The molecule has 0 unspecified atom stereocenters. The Kier molecular flexibility index (Phi) is 5.85. The average Bonchev–Trinajstić information content (AvgIpc) is 3.18. The summed E-state index contributed by atoms with van der Waals surface area (Å²) in [4.78, 5) is 26.4. The number of nitrogens with one attached hydrogen (secondary N) is 1. The van der Waals surface area contributed by atoms with E-state index in [-0.39, 0.29) is 11.9 Å². The third-order valence-corrected chi connectivity index (χ3v) is 5.64. The Labute approximate surface area is 187 Å². The summed E-state index contributed by atoms with van der Waals surface area (Å²) >= 11 is 0. The van der Waals surface area contributed by atoms with Gasteiger partial charge in [-0.25, -0.2) is 4.79 Å². The lowest BCUT2D eigenvalue weighted by atomic mass is 9.96. The van der Waals surface area contributed by atoms with Crippen molar-refractivity contribution in [3.8, 4) is 11.5 Å². The van der Waals surface area contributed by atoms with Crippen LogP contribution in [-0.2, 0) is 4.79 Å². The lowest BCUT2D eigenvalue weighted by Gasteiger charge is -2.19. The molecule has 1 fully saturated rings. The van der Waals surface area contributed by atoms with Gasteiger partial charge in [-0.2, -0.15) is 10.1 Å². The standard InChI is InChI=1S/C24H26N4O4/c1-15-12-17-13-20(31-3)21(32-4)14-19(17)23(26-28(15)24(30)25-2)16-7-9-18(10-8-16)27-11-5-6-22(27)29/h7-10,12-14H,5-6,11H2,1-4H3,(H,25,30). The van der Waals surface area contributed by atoms with E-state index in [0.717, 1.165) is 35.3 Å². The smallest absolute Gasteiger partial charge is 0.342 e. The van der Waals surface area contributed by atoms with Crippen LogP contribution in [0.2, 0.25) is 0 Å². The summed E-state index contributed by atoms with van der Waals surface area (Å²) < 4.78 is 11.0. The van der Waals surface area contributed by atoms with Crippen LogP contribution in [0.15, 0.2) is 47.2 Å². The topological polar surface area (TPSA) is 83.5 Å². The number of benzene rings is 2. The number of amides is 3. The second-order valence-corrected chi connectivity index (χ2v) is 7.59. The van der Waals surface area contributed by atoms with Crippen LogP contribution in [0.4, 0.5) is 10.5 Å². The molecule has 32 heavy (non-hydrogen) atoms. The largest absolute Gasteiger partial charge is 0.493 e. The molecule has 8 nitrogen and oxygen atoms in total. The molecule has 0 aromatic heterocycles. The number of fused-ring (bicyclic) bond motifs is 1. The van der Waals surface area contributed by atoms with E-state index in [0.29, 0.717) is 29.3 Å². The Morgan fingerprint density at radius 1 is 1.09 bits per heavy atom. The average molecular weight is 434 g/mol. The quantitative estimate of drug-likeness (QED) is 0.797. The van der Waals surface area contributed by atoms with E-state index >= 15 is 0 Å². The summed E-state index contributed by atoms with van der Waals surface area (Å²) in [5.74, 6) is 1.29. The van der Waals surface area contributed by atoms with E-state index in [1.54, 1.807) is 26.2 Å². The van der Waals surface area contributed by atoms with Gasteiger partial charge in [0.15, 0.2) is 11.5 Å². The number of methoxy groups -OCH3 is 2. The lowest BCUT2D eigenvalue weighted by molar-refractivity contribution is -0.117. The van der Waals surface area contributed by atoms with Crippen LogP contribution in [0.25, 0.3) is 6.08 Å². The molecule has 2 aliphatic heterocycles. The molecule has 2 heterocycles. The van der Waals surface area contributed by atoms with E-state index in [2.05, 4.69) is 5.32 Å². The van der Waals surface area contributed by atoms with Crippen molar-refractivity contribution in [2.75, 3.05) is 32.7 Å². The lowest BCUT2D eigenvalue weighted by Crippen LogP contribution is -2.33. The normalized spacial score (nSPS) is 15.6. The molecule has 1 N–H and O–H groups in total. The fourth-order valence-corrected chi connectivity index (χ4v) is 3.98. The van der Waals surface area contributed by atoms with E-state index < -0.39 is 0 Å². The zero-order chi connectivity index (χ0) is 22.8. The van der Waals surface area contributed by atoms with Crippen molar-refractivity contribution in [3.63, 3.8) is 0 Å². The second kappa shape index (κ2) is 8.74. The number of hydrogen-bond donors (Lipinski definition) is 1. The Morgan fingerprint density at radius 3 is 2.38 bits per heavy atom. The maximum Gasteiger partial charge on any atom is 0.342 e. The zero-order valence-electron chi connectivity index (χ0n) is 18.6. The van der Waals surface area contributed by atoms with Gasteiger partial charge < -0.3 is 19.7 Å². The summed E-state index contributed by atoms with van der Waals surface area (Å²) in [5.41, 5.74) is 4.59. The summed E-state index contributed by atoms with van der Waals surface area (Å²) in [7, 11) is 4.73. The second-order valence-electron chi connectivity index (χ2n) is 7.59. The van der Waals surface area contributed by atoms with Gasteiger partial charge in [0.25, 0.3) is 0 Å². The van der Waals surface area contributed by atoms with E-state index in [9.17, 15) is 9.59 Å². The van der Waals surface area contributed by atoms with Crippen molar-refractivity contribution in [1.29, 1.82) is 0 Å². The molecular formula is C24H26N4O4. The van der Waals surface area contributed by atoms with E-state index in [4.69, 9.17) is 14.6 Å². The van der Waals surface area contributed by atoms with Crippen molar-refractivity contribution in [1.82, 2.24) is 10.3 Å². The van der Waals surface area contributed by atoms with Gasteiger partial charge in [0.2, 0.25) is 5.91 Å². The van der Waals surface area contributed by atoms with Crippen molar-refractivity contribution in [2.45, 2.75) is 19.8 Å². The summed E-state index contributed by atoms with van der Waals surface area (Å²) in [6.07, 6.45) is 3.34. The molecular weight excluding hydrogens is 408 g/mol. The molecule has 0 bridgehead atoms. The number of nitrogens with zero attached hydrogens (tertiary/aromatic N) is 3. The zero-order valence-corrected chi connectivity index (χ0v) is 18.6. The van der Waals surface area contributed by atoms with Crippen LogP contribution in [0, 0.1) is 0 Å². The molecule has 0 radical (unpaired) electrons. The number of carbonyl (C=O) groups is 2. The number of hydrogen-bond acceptors (Lipinski definition) is 5. The molecule has 3 amide bonds. The first-order valence-electron chi connectivity index (χ1n) is 10.4. The Balaban J connectivity index is 1.85. The molecule has 1 saturated heterocycles. The van der Waals surface area contributed by atoms with Crippen LogP contribution in [0.3, 0.4) is 0 Å². The first-order chi connectivity index (χ1) is 15.5. The molecule has 166 valence electrons. The number of rotatable bonds is 4. The molecule has 2 aliphatic rings. The maximum atomic E-state index is 12.5. The highest BCUT2D eigenvalue weighted by atomic mass is 16.5. The van der Waals surface area contributed by atoms with Crippen LogP contribution >= 0.6 is 0 Å². The third kappa shape index (κ3) is 3.79. The Hall–Kier alpha value is -3.81. The molecule has 2 aromatic carbocycles. The van der Waals surface area contributed by atoms with Gasteiger partial charge in [0.1, 0.15) is 0 Å². The Bertz CT molecular complexity index is 1120. The monoisotopic (exact) mass is 434 g/mol. The molecule has 0 spiro atoms. The van der Waals surface area contributed by atoms with Crippen molar-refractivity contribution < 1.29 is 19.1 Å². The van der Waals surface area contributed by atoms with E-state index in [1.807, 2.05) is 49.4 Å². The highest BCUT2D eigenvalue weighted by molar-refractivity contribution is 6.16. The summed E-state index contributed by atoms with van der Waals surface area (Å²) in [6, 6.07) is 11.1. The van der Waals surface area contributed by atoms with Gasteiger partial charge in [-0.15, -0.1) is 0 Å². The molecule has 0 saturated carbocycles. The number of allylic oxidation sites excluding steroid dienone is 1. The Morgan fingerprint density at radius 2 is 1.78 bits per heavy atom. The minimum absolute atomic E-state index is 0.136. The highest BCUT2D eigenvalue weighted by Gasteiger charge is 2.25. The number of anilines is 1. The van der Waals surface area contributed by atoms with E-state index in [1.165, 1.54) is 5.01 Å². The fourth-order valence-electron chi connectivity index (χ4n) is 3.98.